The van der Waals surface area contributed by atoms with Crippen molar-refractivity contribution in [1.29, 1.82) is 0 Å². The van der Waals surface area contributed by atoms with Crippen LogP contribution in [-0.4, -0.2) is 5.97 Å². The number of nitrogens with two attached hydrogens (primary N) is 1. The van der Waals surface area contributed by atoms with Crippen molar-refractivity contribution in [2.24, 2.45) is 0 Å². The van der Waals surface area contributed by atoms with Crippen molar-refractivity contribution in [2.75, 3.05) is 5.73 Å². The first-order valence-corrected chi connectivity index (χ1v) is 6.71. The van der Waals surface area contributed by atoms with Crippen molar-refractivity contribution in [2.45, 2.75) is 6.92 Å². The lowest BCUT2D eigenvalue weighted by molar-refractivity contribution is 0.0735. The number of aryl methyl sites for hydroxylation is 1. The molecule has 3 aromatic rings. The molecule has 0 heterocycles. The van der Waals surface area contributed by atoms with Gasteiger partial charge in [0.1, 0.15) is 5.75 Å². The zero-order chi connectivity index (χ0) is 14.8. The van der Waals surface area contributed by atoms with E-state index in [4.69, 9.17) is 10.5 Å². The van der Waals surface area contributed by atoms with Gasteiger partial charge >= 0.3 is 5.97 Å². The van der Waals surface area contributed by atoms with Crippen molar-refractivity contribution in [1.82, 2.24) is 0 Å². The number of esters is 1. The van der Waals surface area contributed by atoms with E-state index in [9.17, 15) is 4.79 Å². The second-order valence-corrected chi connectivity index (χ2v) is 4.94. The van der Waals surface area contributed by atoms with E-state index < -0.39 is 5.97 Å². The van der Waals surface area contributed by atoms with Crippen LogP contribution in [0.15, 0.2) is 60.7 Å². The molecule has 0 aliphatic heterocycles. The van der Waals surface area contributed by atoms with Gasteiger partial charge in [0.05, 0.1) is 5.56 Å². The summed E-state index contributed by atoms with van der Waals surface area (Å²) in [5.74, 6) is 0.0854. The molecule has 0 atom stereocenters. The van der Waals surface area contributed by atoms with Crippen LogP contribution in [0.2, 0.25) is 0 Å². The summed E-state index contributed by atoms with van der Waals surface area (Å²) in [6, 6.07) is 18.8. The lowest BCUT2D eigenvalue weighted by Crippen LogP contribution is -2.12. The average Bonchev–Trinajstić information content (AvgIpc) is 2.47. The lowest BCUT2D eigenvalue weighted by atomic mass is 10.1. The highest BCUT2D eigenvalue weighted by Crippen LogP contribution is 2.23. The molecular formula is C18H15NO2. The van der Waals surface area contributed by atoms with Gasteiger partial charge in [0, 0.05) is 5.69 Å². The molecule has 0 saturated heterocycles. The van der Waals surface area contributed by atoms with Crippen molar-refractivity contribution >= 4 is 22.4 Å². The highest BCUT2D eigenvalue weighted by Gasteiger charge is 2.15. The minimum absolute atomic E-state index is 0.422. The van der Waals surface area contributed by atoms with Gasteiger partial charge in [0.25, 0.3) is 0 Å². The molecule has 0 aliphatic rings. The summed E-state index contributed by atoms with van der Waals surface area (Å²) in [5.41, 5.74) is 7.53. The lowest BCUT2D eigenvalue weighted by Gasteiger charge is -2.09. The van der Waals surface area contributed by atoms with Crippen molar-refractivity contribution < 1.29 is 9.53 Å². The predicted molar refractivity (Wildman–Crippen MR) is 84.5 cm³/mol. The van der Waals surface area contributed by atoms with Crippen LogP contribution in [-0.2, 0) is 0 Å². The summed E-state index contributed by atoms with van der Waals surface area (Å²) >= 11 is 0. The maximum atomic E-state index is 12.3. The first-order chi connectivity index (χ1) is 10.1. The summed E-state index contributed by atoms with van der Waals surface area (Å²) in [6.07, 6.45) is 0. The van der Waals surface area contributed by atoms with Crippen molar-refractivity contribution in [3.8, 4) is 5.75 Å². The molecule has 2 N–H and O–H groups in total. The first kappa shape index (κ1) is 13.2. The molecule has 3 aromatic carbocycles. The van der Waals surface area contributed by atoms with Gasteiger partial charge in [-0.25, -0.2) is 4.79 Å². The van der Waals surface area contributed by atoms with Gasteiger partial charge in [0.2, 0.25) is 0 Å². The van der Waals surface area contributed by atoms with Crippen LogP contribution in [0.3, 0.4) is 0 Å². The van der Waals surface area contributed by atoms with Gasteiger partial charge in [0.15, 0.2) is 0 Å². The third kappa shape index (κ3) is 2.58. The maximum absolute atomic E-state index is 12.3. The zero-order valence-corrected chi connectivity index (χ0v) is 11.7. The number of carbonyl (C=O) groups excluding carboxylic acids is 1. The van der Waals surface area contributed by atoms with E-state index in [1.54, 1.807) is 12.1 Å². The SMILES string of the molecule is Cc1cccc(N)c1C(=O)Oc1ccc2ccccc2c1. The van der Waals surface area contributed by atoms with Crippen LogP contribution in [0.5, 0.6) is 5.75 Å². The van der Waals surface area contributed by atoms with Gasteiger partial charge in [-0.2, -0.15) is 0 Å². The molecule has 0 amide bonds. The van der Waals surface area contributed by atoms with E-state index in [-0.39, 0.29) is 0 Å². The van der Waals surface area contributed by atoms with Crippen LogP contribution < -0.4 is 10.5 Å². The van der Waals surface area contributed by atoms with Crippen LogP contribution in [0.1, 0.15) is 15.9 Å². The molecule has 0 aromatic heterocycles. The molecule has 0 fully saturated rings. The minimum atomic E-state index is -0.430. The number of hydrogen-bond donors (Lipinski definition) is 1. The molecule has 0 aliphatic carbocycles. The monoisotopic (exact) mass is 277 g/mol. The number of carbonyl (C=O) groups is 1. The van der Waals surface area contributed by atoms with Crippen molar-refractivity contribution in [3.63, 3.8) is 0 Å². The fourth-order valence-electron chi connectivity index (χ4n) is 2.36. The van der Waals surface area contributed by atoms with Crippen molar-refractivity contribution in [3.05, 3.63) is 71.8 Å². The van der Waals surface area contributed by atoms with Crippen LogP contribution in [0.25, 0.3) is 10.8 Å². The van der Waals surface area contributed by atoms with Gasteiger partial charge in [-0.1, -0.05) is 42.5 Å². The highest BCUT2D eigenvalue weighted by molar-refractivity contribution is 5.98. The number of fused-ring (bicyclic) bond motifs is 1. The molecule has 0 saturated carbocycles. The van der Waals surface area contributed by atoms with E-state index in [0.29, 0.717) is 17.0 Å². The van der Waals surface area contributed by atoms with Gasteiger partial charge in [-0.05, 0) is 41.5 Å². The third-order valence-corrected chi connectivity index (χ3v) is 3.44. The molecule has 0 unspecified atom stereocenters. The largest absolute Gasteiger partial charge is 0.423 e. The Bertz CT molecular complexity index is 804. The normalized spacial score (nSPS) is 10.5. The first-order valence-electron chi connectivity index (χ1n) is 6.71. The topological polar surface area (TPSA) is 52.3 Å². The smallest absolute Gasteiger partial charge is 0.345 e. The Morgan fingerprint density at radius 1 is 0.952 bits per heavy atom. The van der Waals surface area contributed by atoms with E-state index in [2.05, 4.69) is 0 Å². The van der Waals surface area contributed by atoms with E-state index in [1.807, 2.05) is 55.5 Å². The van der Waals surface area contributed by atoms with E-state index in [1.165, 1.54) is 0 Å². The standard InChI is InChI=1S/C18H15NO2/c1-12-5-4-8-16(19)17(12)18(20)21-15-10-9-13-6-2-3-7-14(13)11-15/h2-11H,19H2,1H3. The summed E-state index contributed by atoms with van der Waals surface area (Å²) in [6.45, 7) is 1.84. The molecular weight excluding hydrogens is 262 g/mol. The second-order valence-electron chi connectivity index (χ2n) is 4.94. The molecule has 3 nitrogen and oxygen atoms in total. The Morgan fingerprint density at radius 2 is 1.71 bits per heavy atom. The predicted octanol–water partition coefficient (Wildman–Crippen LogP) is 3.95. The quantitative estimate of drug-likeness (QED) is 0.438. The number of ether oxygens (including phenoxy) is 1. The number of rotatable bonds is 2. The highest BCUT2D eigenvalue weighted by atomic mass is 16.5. The Hall–Kier alpha value is -2.81. The fraction of sp³-hybridized carbons (Fsp3) is 0.0556. The number of benzene rings is 3. The third-order valence-electron chi connectivity index (χ3n) is 3.44. The second kappa shape index (κ2) is 5.29. The number of nitrogen functional groups attached to an aromatic ring is 1. The molecule has 3 heteroatoms. The Labute approximate surface area is 123 Å². The minimum Gasteiger partial charge on any atom is -0.423 e. The van der Waals surface area contributed by atoms with Crippen LogP contribution in [0, 0.1) is 6.92 Å². The average molecular weight is 277 g/mol. The number of hydrogen-bond acceptors (Lipinski definition) is 3. The molecule has 0 radical (unpaired) electrons. The Balaban J connectivity index is 1.93. The Kier molecular flexibility index (Phi) is 3.32. The molecule has 0 bridgehead atoms. The van der Waals surface area contributed by atoms with Gasteiger partial charge in [-0.15, -0.1) is 0 Å². The van der Waals surface area contributed by atoms with E-state index in [0.717, 1.165) is 16.3 Å². The molecule has 0 spiro atoms. The molecule has 21 heavy (non-hydrogen) atoms. The molecule has 104 valence electrons. The van der Waals surface area contributed by atoms with Gasteiger partial charge < -0.3 is 10.5 Å². The van der Waals surface area contributed by atoms with Crippen LogP contribution in [0.4, 0.5) is 5.69 Å². The summed E-state index contributed by atoms with van der Waals surface area (Å²) in [5, 5.41) is 2.13. The zero-order valence-electron chi connectivity index (χ0n) is 11.7. The Morgan fingerprint density at radius 3 is 2.48 bits per heavy atom. The fourth-order valence-corrected chi connectivity index (χ4v) is 2.36. The molecule has 3 rings (SSSR count). The van der Waals surface area contributed by atoms with Gasteiger partial charge in [-0.3, -0.25) is 0 Å². The summed E-state index contributed by atoms with van der Waals surface area (Å²) in [7, 11) is 0. The number of anilines is 1. The van der Waals surface area contributed by atoms with E-state index >= 15 is 0 Å². The summed E-state index contributed by atoms with van der Waals surface area (Å²) in [4.78, 5) is 12.3. The van der Waals surface area contributed by atoms with Crippen LogP contribution >= 0.6 is 0 Å². The maximum Gasteiger partial charge on any atom is 0.345 e. The summed E-state index contributed by atoms with van der Waals surface area (Å²) < 4.78 is 5.45.